The van der Waals surface area contributed by atoms with E-state index in [1.165, 1.54) is 0 Å². The van der Waals surface area contributed by atoms with Crippen LogP contribution in [0.5, 0.6) is 5.75 Å². The fraction of sp³-hybridized carbons (Fsp3) is 0.333. The van der Waals surface area contributed by atoms with Gasteiger partial charge in [0.2, 0.25) is 5.91 Å². The molecule has 1 amide bonds. The molecule has 1 aromatic heterocycles. The molecule has 3 rings (SSSR count). The van der Waals surface area contributed by atoms with Crippen LogP contribution in [0.3, 0.4) is 0 Å². The first-order valence-electron chi connectivity index (χ1n) is 6.82. The average molecular weight is 306 g/mol. The molecule has 5 nitrogen and oxygen atoms in total. The van der Waals surface area contributed by atoms with Gasteiger partial charge in [-0.05, 0) is 30.7 Å². The Balaban J connectivity index is 1.81. The van der Waals surface area contributed by atoms with Gasteiger partial charge in [-0.25, -0.2) is 0 Å². The molecule has 0 N–H and O–H groups in total. The molecule has 1 aliphatic heterocycles. The highest BCUT2D eigenvalue weighted by molar-refractivity contribution is 6.30. The number of aromatic nitrogens is 2. The van der Waals surface area contributed by atoms with Gasteiger partial charge >= 0.3 is 0 Å². The number of nitrogens with zero attached hydrogens (tertiary/aromatic N) is 3. The molecule has 110 valence electrons. The average Bonchev–Trinajstić information content (AvgIpc) is 2.84. The number of likely N-dealkylation sites (tertiary alicyclic amines) is 1. The third kappa shape index (κ3) is 2.88. The summed E-state index contributed by atoms with van der Waals surface area (Å²) in [6.07, 6.45) is 2.89. The SMILES string of the molecule is COc1ccc(Cl)cc1-c1ccn(CC(=O)N2CCC2)n1. The minimum atomic E-state index is 0.106. The van der Waals surface area contributed by atoms with Gasteiger partial charge < -0.3 is 9.64 Å². The Bertz CT molecular complexity index is 665. The molecule has 1 aliphatic rings. The maximum absolute atomic E-state index is 11.9. The second kappa shape index (κ2) is 5.77. The van der Waals surface area contributed by atoms with Crippen molar-refractivity contribution in [3.8, 4) is 17.0 Å². The molecule has 0 atom stereocenters. The Hall–Kier alpha value is -2.01. The van der Waals surface area contributed by atoms with Crippen LogP contribution in [0.25, 0.3) is 11.3 Å². The van der Waals surface area contributed by atoms with Crippen LogP contribution in [0.2, 0.25) is 5.02 Å². The maximum Gasteiger partial charge on any atom is 0.244 e. The highest BCUT2D eigenvalue weighted by Crippen LogP contribution is 2.31. The summed E-state index contributed by atoms with van der Waals surface area (Å²) in [6, 6.07) is 7.25. The molecule has 0 saturated carbocycles. The van der Waals surface area contributed by atoms with Gasteiger partial charge in [-0.1, -0.05) is 11.6 Å². The van der Waals surface area contributed by atoms with Crippen LogP contribution in [-0.4, -0.2) is 40.8 Å². The van der Waals surface area contributed by atoms with Crippen LogP contribution in [0.4, 0.5) is 0 Å². The van der Waals surface area contributed by atoms with Crippen LogP contribution < -0.4 is 4.74 Å². The quantitative estimate of drug-likeness (QED) is 0.871. The summed E-state index contributed by atoms with van der Waals surface area (Å²) < 4.78 is 6.98. The smallest absolute Gasteiger partial charge is 0.244 e. The fourth-order valence-corrected chi connectivity index (χ4v) is 2.45. The van der Waals surface area contributed by atoms with Gasteiger partial charge in [0.15, 0.2) is 0 Å². The first kappa shape index (κ1) is 13.9. The minimum Gasteiger partial charge on any atom is -0.496 e. The minimum absolute atomic E-state index is 0.106. The molecule has 0 spiro atoms. The molecule has 6 heteroatoms. The number of benzene rings is 1. The van der Waals surface area contributed by atoms with E-state index in [1.807, 2.05) is 23.1 Å². The number of amides is 1. The molecule has 1 saturated heterocycles. The lowest BCUT2D eigenvalue weighted by atomic mass is 10.1. The van der Waals surface area contributed by atoms with Gasteiger partial charge in [-0.2, -0.15) is 5.10 Å². The number of hydrogen-bond acceptors (Lipinski definition) is 3. The van der Waals surface area contributed by atoms with Crippen molar-refractivity contribution in [3.05, 3.63) is 35.5 Å². The van der Waals surface area contributed by atoms with Crippen molar-refractivity contribution in [2.24, 2.45) is 0 Å². The number of carbonyl (C=O) groups excluding carboxylic acids is 1. The third-order valence-corrected chi connectivity index (χ3v) is 3.82. The van der Waals surface area contributed by atoms with Crippen molar-refractivity contribution in [2.45, 2.75) is 13.0 Å². The molecule has 0 radical (unpaired) electrons. The fourth-order valence-electron chi connectivity index (χ4n) is 2.28. The van der Waals surface area contributed by atoms with Crippen molar-refractivity contribution in [1.82, 2.24) is 14.7 Å². The zero-order chi connectivity index (χ0) is 14.8. The van der Waals surface area contributed by atoms with E-state index in [9.17, 15) is 4.79 Å². The van der Waals surface area contributed by atoms with E-state index in [1.54, 1.807) is 24.1 Å². The van der Waals surface area contributed by atoms with Crippen LogP contribution in [0, 0.1) is 0 Å². The first-order chi connectivity index (χ1) is 10.2. The van der Waals surface area contributed by atoms with Crippen LogP contribution in [0.1, 0.15) is 6.42 Å². The Kier molecular flexibility index (Phi) is 3.84. The summed E-state index contributed by atoms with van der Waals surface area (Å²) in [4.78, 5) is 13.8. The van der Waals surface area contributed by atoms with Crippen molar-refractivity contribution in [1.29, 1.82) is 0 Å². The number of methoxy groups -OCH3 is 1. The van der Waals surface area contributed by atoms with E-state index in [-0.39, 0.29) is 12.5 Å². The first-order valence-corrected chi connectivity index (χ1v) is 7.20. The Labute approximate surface area is 128 Å². The normalized spacial score (nSPS) is 13.9. The Morgan fingerprint density at radius 3 is 2.86 bits per heavy atom. The molecular formula is C15H16ClN3O2. The summed E-state index contributed by atoms with van der Waals surface area (Å²) in [7, 11) is 1.61. The molecule has 2 heterocycles. The zero-order valence-electron chi connectivity index (χ0n) is 11.8. The van der Waals surface area contributed by atoms with E-state index in [0.29, 0.717) is 10.8 Å². The summed E-state index contributed by atoms with van der Waals surface area (Å²) >= 11 is 6.03. The van der Waals surface area contributed by atoms with Gasteiger partial charge in [0.25, 0.3) is 0 Å². The summed E-state index contributed by atoms with van der Waals surface area (Å²) in [5, 5.41) is 5.06. The zero-order valence-corrected chi connectivity index (χ0v) is 12.5. The summed E-state index contributed by atoms with van der Waals surface area (Å²) in [6.45, 7) is 1.98. The monoisotopic (exact) mass is 305 g/mol. The number of carbonyl (C=O) groups is 1. The second-order valence-corrected chi connectivity index (χ2v) is 5.41. The largest absolute Gasteiger partial charge is 0.496 e. The van der Waals surface area contributed by atoms with Crippen LogP contribution in [0.15, 0.2) is 30.5 Å². The Morgan fingerprint density at radius 1 is 1.38 bits per heavy atom. The van der Waals surface area contributed by atoms with Gasteiger partial charge in [0.1, 0.15) is 12.3 Å². The lowest BCUT2D eigenvalue weighted by Crippen LogP contribution is -2.43. The standard InChI is InChI=1S/C15H16ClN3O2/c1-21-14-4-3-11(16)9-12(14)13-5-8-19(17-13)10-15(20)18-6-2-7-18/h3-5,8-9H,2,6-7,10H2,1H3. The molecule has 2 aromatic rings. The van der Waals surface area contributed by atoms with Crippen molar-refractivity contribution in [2.75, 3.05) is 20.2 Å². The lowest BCUT2D eigenvalue weighted by Gasteiger charge is -2.30. The topological polar surface area (TPSA) is 47.4 Å². The van der Waals surface area contributed by atoms with E-state index in [4.69, 9.17) is 16.3 Å². The van der Waals surface area contributed by atoms with E-state index in [2.05, 4.69) is 5.10 Å². The van der Waals surface area contributed by atoms with E-state index in [0.717, 1.165) is 30.8 Å². The number of rotatable bonds is 4. The van der Waals surface area contributed by atoms with Crippen LogP contribution >= 0.6 is 11.6 Å². The number of ether oxygens (including phenoxy) is 1. The molecule has 1 aromatic carbocycles. The van der Waals surface area contributed by atoms with E-state index >= 15 is 0 Å². The van der Waals surface area contributed by atoms with Gasteiger partial charge in [-0.3, -0.25) is 9.48 Å². The predicted octanol–water partition coefficient (Wildman–Crippen LogP) is 2.44. The van der Waals surface area contributed by atoms with Crippen LogP contribution in [-0.2, 0) is 11.3 Å². The molecule has 1 fully saturated rings. The van der Waals surface area contributed by atoms with Crippen molar-refractivity contribution < 1.29 is 9.53 Å². The maximum atomic E-state index is 11.9. The van der Waals surface area contributed by atoms with Crippen molar-refractivity contribution in [3.63, 3.8) is 0 Å². The molecule has 0 unspecified atom stereocenters. The highest BCUT2D eigenvalue weighted by Gasteiger charge is 2.20. The molecule has 21 heavy (non-hydrogen) atoms. The van der Waals surface area contributed by atoms with E-state index < -0.39 is 0 Å². The summed E-state index contributed by atoms with van der Waals surface area (Å²) in [5.74, 6) is 0.813. The Morgan fingerprint density at radius 2 is 2.19 bits per heavy atom. The summed E-state index contributed by atoms with van der Waals surface area (Å²) in [5.41, 5.74) is 1.56. The second-order valence-electron chi connectivity index (χ2n) is 4.98. The lowest BCUT2D eigenvalue weighted by molar-refractivity contribution is -0.135. The molecule has 0 bridgehead atoms. The number of hydrogen-bond donors (Lipinski definition) is 0. The molecule has 0 aliphatic carbocycles. The van der Waals surface area contributed by atoms with Crippen molar-refractivity contribution >= 4 is 17.5 Å². The molecular weight excluding hydrogens is 290 g/mol. The number of halogens is 1. The highest BCUT2D eigenvalue weighted by atomic mass is 35.5. The van der Waals surface area contributed by atoms with Gasteiger partial charge in [0, 0.05) is 29.9 Å². The van der Waals surface area contributed by atoms with Gasteiger partial charge in [-0.15, -0.1) is 0 Å². The van der Waals surface area contributed by atoms with Gasteiger partial charge in [0.05, 0.1) is 12.8 Å². The third-order valence-electron chi connectivity index (χ3n) is 3.58. The predicted molar refractivity (Wildman–Crippen MR) is 80.4 cm³/mol.